The van der Waals surface area contributed by atoms with E-state index < -0.39 is 5.67 Å². The molecule has 0 bridgehead atoms. The molecule has 0 heterocycles. The summed E-state index contributed by atoms with van der Waals surface area (Å²) in [6, 6.07) is 0. The zero-order chi connectivity index (χ0) is 7.33. The van der Waals surface area contributed by atoms with E-state index in [0.717, 1.165) is 0 Å². The first-order valence-corrected chi connectivity index (χ1v) is 2.95. The second-order valence-electron chi connectivity index (χ2n) is 2.32. The van der Waals surface area contributed by atoms with Gasteiger partial charge in [0.05, 0.1) is 0 Å². The Morgan fingerprint density at radius 1 is 1.78 bits per heavy atom. The van der Waals surface area contributed by atoms with Crippen molar-refractivity contribution in [1.29, 1.82) is 0 Å². The number of halogens is 1. The minimum Gasteiger partial charge on any atom is -0.328 e. The number of alkyl halides is 1. The van der Waals surface area contributed by atoms with Gasteiger partial charge in [-0.25, -0.2) is 4.39 Å². The summed E-state index contributed by atoms with van der Waals surface area (Å²) in [7, 11) is 0. The largest absolute Gasteiger partial charge is 0.328 e. The van der Waals surface area contributed by atoms with Crippen LogP contribution in [0.1, 0.15) is 19.8 Å². The SMILES string of the molecule is C#CCCC(C)(F)CN. The Bertz CT molecular complexity index is 113. The van der Waals surface area contributed by atoms with E-state index in [1.807, 2.05) is 0 Å². The quantitative estimate of drug-likeness (QED) is 0.567. The van der Waals surface area contributed by atoms with Crippen molar-refractivity contribution < 1.29 is 4.39 Å². The van der Waals surface area contributed by atoms with Crippen LogP contribution in [0, 0.1) is 12.3 Å². The number of hydrogen-bond donors (Lipinski definition) is 1. The second-order valence-corrected chi connectivity index (χ2v) is 2.32. The highest BCUT2D eigenvalue weighted by atomic mass is 19.1. The third-order valence-corrected chi connectivity index (χ3v) is 1.22. The number of terminal acetylenes is 1. The molecule has 52 valence electrons. The van der Waals surface area contributed by atoms with Crippen LogP contribution in [0.2, 0.25) is 0 Å². The Balaban J connectivity index is 3.48. The lowest BCUT2D eigenvalue weighted by Crippen LogP contribution is -2.28. The first-order valence-electron chi connectivity index (χ1n) is 2.95. The van der Waals surface area contributed by atoms with Crippen LogP contribution < -0.4 is 5.73 Å². The Kier molecular flexibility index (Phi) is 3.26. The highest BCUT2D eigenvalue weighted by Crippen LogP contribution is 2.14. The fraction of sp³-hybridized carbons (Fsp3) is 0.714. The Morgan fingerprint density at radius 3 is 2.67 bits per heavy atom. The van der Waals surface area contributed by atoms with Gasteiger partial charge in [0.1, 0.15) is 5.67 Å². The van der Waals surface area contributed by atoms with Gasteiger partial charge >= 0.3 is 0 Å². The maximum Gasteiger partial charge on any atom is 0.121 e. The van der Waals surface area contributed by atoms with Crippen molar-refractivity contribution in [3.63, 3.8) is 0 Å². The zero-order valence-corrected chi connectivity index (χ0v) is 5.65. The molecular formula is C7H12FN. The third-order valence-electron chi connectivity index (χ3n) is 1.22. The van der Waals surface area contributed by atoms with Crippen LogP contribution in [-0.2, 0) is 0 Å². The van der Waals surface area contributed by atoms with Gasteiger partial charge in [-0.2, -0.15) is 0 Å². The van der Waals surface area contributed by atoms with E-state index in [1.54, 1.807) is 0 Å². The highest BCUT2D eigenvalue weighted by molar-refractivity contribution is 4.88. The molecule has 0 amide bonds. The van der Waals surface area contributed by atoms with Gasteiger partial charge in [-0.15, -0.1) is 12.3 Å². The van der Waals surface area contributed by atoms with E-state index in [1.165, 1.54) is 6.92 Å². The Morgan fingerprint density at radius 2 is 2.33 bits per heavy atom. The minimum absolute atomic E-state index is 0.0503. The van der Waals surface area contributed by atoms with E-state index in [9.17, 15) is 4.39 Å². The van der Waals surface area contributed by atoms with Gasteiger partial charge in [0, 0.05) is 13.0 Å². The van der Waals surface area contributed by atoms with Crippen molar-refractivity contribution in [3.8, 4) is 12.3 Å². The summed E-state index contributed by atoms with van der Waals surface area (Å²) in [6.07, 6.45) is 5.76. The van der Waals surface area contributed by atoms with E-state index in [2.05, 4.69) is 5.92 Å². The topological polar surface area (TPSA) is 26.0 Å². The van der Waals surface area contributed by atoms with Crippen LogP contribution in [0.5, 0.6) is 0 Å². The molecule has 0 aliphatic rings. The fourth-order valence-corrected chi connectivity index (χ4v) is 0.435. The summed E-state index contributed by atoms with van der Waals surface area (Å²) in [5.74, 6) is 2.36. The zero-order valence-electron chi connectivity index (χ0n) is 5.65. The molecule has 0 aromatic rings. The molecule has 2 N–H and O–H groups in total. The van der Waals surface area contributed by atoms with E-state index in [0.29, 0.717) is 12.8 Å². The van der Waals surface area contributed by atoms with E-state index >= 15 is 0 Å². The number of hydrogen-bond acceptors (Lipinski definition) is 1. The first kappa shape index (κ1) is 8.45. The van der Waals surface area contributed by atoms with Gasteiger partial charge in [0.15, 0.2) is 0 Å². The Hall–Kier alpha value is -0.550. The predicted molar refractivity (Wildman–Crippen MR) is 36.6 cm³/mol. The van der Waals surface area contributed by atoms with Crippen LogP contribution in [0.3, 0.4) is 0 Å². The molecule has 0 aromatic carbocycles. The molecule has 0 spiro atoms. The number of rotatable bonds is 3. The van der Waals surface area contributed by atoms with Crippen LogP contribution in [0.25, 0.3) is 0 Å². The van der Waals surface area contributed by atoms with Crippen molar-refractivity contribution in [3.05, 3.63) is 0 Å². The van der Waals surface area contributed by atoms with Gasteiger partial charge in [-0.3, -0.25) is 0 Å². The molecule has 0 saturated carbocycles. The molecule has 1 atom stereocenters. The van der Waals surface area contributed by atoms with Crippen molar-refractivity contribution in [2.45, 2.75) is 25.4 Å². The summed E-state index contributed by atoms with van der Waals surface area (Å²) < 4.78 is 12.8. The van der Waals surface area contributed by atoms with Crippen molar-refractivity contribution in [2.75, 3.05) is 6.54 Å². The van der Waals surface area contributed by atoms with Crippen molar-refractivity contribution >= 4 is 0 Å². The molecule has 9 heavy (non-hydrogen) atoms. The first-order chi connectivity index (χ1) is 4.12. The second kappa shape index (κ2) is 3.47. The maximum absolute atomic E-state index is 12.8. The van der Waals surface area contributed by atoms with Gasteiger partial charge in [0.25, 0.3) is 0 Å². The van der Waals surface area contributed by atoms with Gasteiger partial charge in [-0.1, -0.05) is 0 Å². The molecule has 0 fully saturated rings. The summed E-state index contributed by atoms with van der Waals surface area (Å²) in [5.41, 5.74) is 3.83. The highest BCUT2D eigenvalue weighted by Gasteiger charge is 2.18. The molecule has 2 heteroatoms. The van der Waals surface area contributed by atoms with Crippen LogP contribution in [0.15, 0.2) is 0 Å². The van der Waals surface area contributed by atoms with Crippen molar-refractivity contribution in [2.24, 2.45) is 5.73 Å². The molecule has 0 radical (unpaired) electrons. The standard InChI is InChI=1S/C7H12FN/c1-3-4-5-7(2,8)6-9/h1H,4-6,9H2,2H3. The predicted octanol–water partition coefficient (Wildman–Crippen LogP) is 1.09. The van der Waals surface area contributed by atoms with Crippen molar-refractivity contribution in [1.82, 2.24) is 0 Å². The third kappa shape index (κ3) is 3.99. The number of nitrogens with two attached hydrogens (primary N) is 1. The van der Waals surface area contributed by atoms with Crippen LogP contribution >= 0.6 is 0 Å². The van der Waals surface area contributed by atoms with Gasteiger partial charge in [-0.05, 0) is 13.3 Å². The van der Waals surface area contributed by atoms with E-state index in [4.69, 9.17) is 12.2 Å². The summed E-state index contributed by atoms with van der Waals surface area (Å²) in [4.78, 5) is 0. The maximum atomic E-state index is 12.8. The van der Waals surface area contributed by atoms with Gasteiger partial charge < -0.3 is 5.73 Å². The van der Waals surface area contributed by atoms with E-state index in [-0.39, 0.29) is 6.54 Å². The molecule has 1 unspecified atom stereocenters. The average molecular weight is 129 g/mol. The molecule has 0 aliphatic heterocycles. The summed E-state index contributed by atoms with van der Waals surface area (Å²) in [5, 5.41) is 0. The summed E-state index contributed by atoms with van der Waals surface area (Å²) >= 11 is 0. The van der Waals surface area contributed by atoms with Gasteiger partial charge in [0.2, 0.25) is 0 Å². The molecule has 0 aromatic heterocycles. The summed E-state index contributed by atoms with van der Waals surface area (Å²) in [6.45, 7) is 1.51. The lowest BCUT2D eigenvalue weighted by Gasteiger charge is -2.15. The molecule has 0 saturated heterocycles. The lowest BCUT2D eigenvalue weighted by atomic mass is 10.0. The normalized spacial score (nSPS) is 16.2. The minimum atomic E-state index is -1.27. The molecular weight excluding hydrogens is 117 g/mol. The smallest absolute Gasteiger partial charge is 0.121 e. The molecule has 1 nitrogen and oxygen atoms in total. The van der Waals surface area contributed by atoms with Crippen LogP contribution in [-0.4, -0.2) is 12.2 Å². The molecule has 0 aliphatic carbocycles. The fourth-order valence-electron chi connectivity index (χ4n) is 0.435. The molecule has 0 rings (SSSR count). The average Bonchev–Trinajstić information content (AvgIpc) is 1.84. The lowest BCUT2D eigenvalue weighted by molar-refractivity contribution is 0.188. The monoisotopic (exact) mass is 129 g/mol. The Labute approximate surface area is 55.4 Å². The van der Waals surface area contributed by atoms with Crippen LogP contribution in [0.4, 0.5) is 4.39 Å².